The third-order valence-electron chi connectivity index (χ3n) is 2.36. The smallest absolute Gasteiger partial charge is 0.127 e. The molecule has 0 amide bonds. The van der Waals surface area contributed by atoms with Gasteiger partial charge in [-0.1, -0.05) is 23.2 Å². The van der Waals surface area contributed by atoms with Gasteiger partial charge in [0, 0.05) is 12.2 Å². The number of hydrogen-bond donors (Lipinski definition) is 0. The van der Waals surface area contributed by atoms with E-state index in [1.165, 1.54) is 0 Å². The number of benzene rings is 1. The lowest BCUT2D eigenvalue weighted by atomic mass is 10.3. The lowest BCUT2D eigenvalue weighted by Gasteiger charge is -2.22. The van der Waals surface area contributed by atoms with Crippen LogP contribution in [0, 0.1) is 0 Å². The maximum Gasteiger partial charge on any atom is 0.127 e. The average molecular weight is 232 g/mol. The van der Waals surface area contributed by atoms with Crippen molar-refractivity contribution in [2.75, 3.05) is 18.1 Å². The van der Waals surface area contributed by atoms with Crippen molar-refractivity contribution in [1.29, 1.82) is 0 Å². The molecule has 1 aliphatic heterocycles. The Kier molecular flexibility index (Phi) is 2.86. The summed E-state index contributed by atoms with van der Waals surface area (Å²) >= 11 is 11.8. The van der Waals surface area contributed by atoms with Crippen LogP contribution in [-0.2, 0) is 4.74 Å². The van der Waals surface area contributed by atoms with E-state index in [1.807, 2.05) is 25.1 Å². The fourth-order valence-corrected chi connectivity index (χ4v) is 1.89. The van der Waals surface area contributed by atoms with Gasteiger partial charge in [-0.15, -0.1) is 0 Å². The molecule has 4 heteroatoms. The largest absolute Gasteiger partial charge is 0.357 e. The molecule has 1 unspecified atom stereocenters. The number of hydrogen-bond acceptors (Lipinski definition) is 2. The Hall–Kier alpha value is -0.440. The summed E-state index contributed by atoms with van der Waals surface area (Å²) < 4.78 is 5.44. The highest BCUT2D eigenvalue weighted by atomic mass is 35.5. The van der Waals surface area contributed by atoms with E-state index < -0.39 is 0 Å². The third-order valence-corrected chi connectivity index (χ3v) is 3.10. The second-order valence-corrected chi connectivity index (χ2v) is 4.08. The predicted octanol–water partition coefficient (Wildman–Crippen LogP) is 3.18. The molecule has 0 radical (unpaired) electrons. The molecule has 0 saturated carbocycles. The molecule has 1 atom stereocenters. The average Bonchev–Trinajstić information content (AvgIpc) is 2.57. The zero-order valence-corrected chi connectivity index (χ0v) is 9.35. The second-order valence-electron chi connectivity index (χ2n) is 3.26. The van der Waals surface area contributed by atoms with Gasteiger partial charge in [0.15, 0.2) is 0 Å². The molecule has 1 heterocycles. The van der Waals surface area contributed by atoms with Gasteiger partial charge < -0.3 is 9.64 Å². The first kappa shape index (κ1) is 10.1. The second kappa shape index (κ2) is 3.97. The van der Waals surface area contributed by atoms with Gasteiger partial charge in [-0.3, -0.25) is 0 Å². The molecule has 76 valence electrons. The van der Waals surface area contributed by atoms with Crippen molar-refractivity contribution < 1.29 is 4.74 Å². The van der Waals surface area contributed by atoms with E-state index in [9.17, 15) is 0 Å². The van der Waals surface area contributed by atoms with Crippen LogP contribution in [0.2, 0.25) is 10.0 Å². The van der Waals surface area contributed by atoms with Crippen molar-refractivity contribution in [3.63, 3.8) is 0 Å². The van der Waals surface area contributed by atoms with Crippen molar-refractivity contribution in [2.24, 2.45) is 0 Å². The first-order chi connectivity index (χ1) is 6.68. The zero-order chi connectivity index (χ0) is 10.1. The zero-order valence-electron chi connectivity index (χ0n) is 7.84. The van der Waals surface area contributed by atoms with Gasteiger partial charge in [0.05, 0.1) is 16.7 Å². The molecule has 0 aliphatic carbocycles. The van der Waals surface area contributed by atoms with Gasteiger partial charge in [-0.2, -0.15) is 0 Å². The standard InChI is InChI=1S/C10H11Cl2NO/c1-7-13(4-5-14-7)8-2-3-9(11)10(12)6-8/h2-3,6-7H,4-5H2,1H3. The molecule has 2 rings (SSSR count). The monoisotopic (exact) mass is 231 g/mol. The van der Waals surface area contributed by atoms with E-state index >= 15 is 0 Å². The van der Waals surface area contributed by atoms with Gasteiger partial charge in [0.2, 0.25) is 0 Å². The molecule has 1 fully saturated rings. The van der Waals surface area contributed by atoms with Gasteiger partial charge in [0.1, 0.15) is 6.23 Å². The van der Waals surface area contributed by atoms with Crippen LogP contribution in [0.4, 0.5) is 5.69 Å². The van der Waals surface area contributed by atoms with Crippen LogP contribution in [0.1, 0.15) is 6.92 Å². The normalized spacial score (nSPS) is 21.6. The Morgan fingerprint density at radius 2 is 2.14 bits per heavy atom. The molecule has 1 saturated heterocycles. The SMILES string of the molecule is CC1OCCN1c1ccc(Cl)c(Cl)c1. The molecule has 1 aliphatic rings. The number of halogens is 2. The van der Waals surface area contributed by atoms with Crippen LogP contribution in [-0.4, -0.2) is 19.4 Å². The summed E-state index contributed by atoms with van der Waals surface area (Å²) in [5.41, 5.74) is 1.06. The fourth-order valence-electron chi connectivity index (χ4n) is 1.60. The first-order valence-corrected chi connectivity index (χ1v) is 5.27. The Balaban J connectivity index is 2.28. The lowest BCUT2D eigenvalue weighted by molar-refractivity contribution is 0.127. The van der Waals surface area contributed by atoms with Crippen LogP contribution in [0.15, 0.2) is 18.2 Å². The van der Waals surface area contributed by atoms with Crippen molar-refractivity contribution in [1.82, 2.24) is 0 Å². The minimum atomic E-state index is 0.118. The van der Waals surface area contributed by atoms with E-state index in [0.717, 1.165) is 18.8 Å². The molecular formula is C10H11Cl2NO. The van der Waals surface area contributed by atoms with Gasteiger partial charge >= 0.3 is 0 Å². The predicted molar refractivity (Wildman–Crippen MR) is 59.2 cm³/mol. The number of nitrogens with zero attached hydrogens (tertiary/aromatic N) is 1. The summed E-state index contributed by atoms with van der Waals surface area (Å²) in [6, 6.07) is 5.64. The Morgan fingerprint density at radius 3 is 2.71 bits per heavy atom. The molecule has 1 aromatic rings. The number of anilines is 1. The van der Waals surface area contributed by atoms with Gasteiger partial charge in [0.25, 0.3) is 0 Å². The lowest BCUT2D eigenvalue weighted by Crippen LogP contribution is -2.26. The maximum absolute atomic E-state index is 5.94. The van der Waals surface area contributed by atoms with Crippen LogP contribution >= 0.6 is 23.2 Å². The minimum Gasteiger partial charge on any atom is -0.357 e. The summed E-state index contributed by atoms with van der Waals surface area (Å²) in [6.07, 6.45) is 0.118. The fraction of sp³-hybridized carbons (Fsp3) is 0.400. The van der Waals surface area contributed by atoms with Crippen LogP contribution < -0.4 is 4.90 Å². The highest BCUT2D eigenvalue weighted by molar-refractivity contribution is 6.42. The molecule has 14 heavy (non-hydrogen) atoms. The topological polar surface area (TPSA) is 12.5 Å². The third kappa shape index (κ3) is 1.83. The number of rotatable bonds is 1. The van der Waals surface area contributed by atoms with Crippen molar-refractivity contribution in [3.8, 4) is 0 Å². The molecule has 0 aromatic heterocycles. The maximum atomic E-state index is 5.94. The summed E-state index contributed by atoms with van der Waals surface area (Å²) in [4.78, 5) is 2.15. The van der Waals surface area contributed by atoms with Gasteiger partial charge in [-0.25, -0.2) is 0 Å². The highest BCUT2D eigenvalue weighted by Gasteiger charge is 2.21. The van der Waals surface area contributed by atoms with Crippen molar-refractivity contribution in [3.05, 3.63) is 28.2 Å². The van der Waals surface area contributed by atoms with E-state index in [2.05, 4.69) is 4.90 Å². The summed E-state index contributed by atoms with van der Waals surface area (Å²) in [5, 5.41) is 1.17. The van der Waals surface area contributed by atoms with E-state index in [1.54, 1.807) is 0 Å². The van der Waals surface area contributed by atoms with Crippen molar-refractivity contribution in [2.45, 2.75) is 13.2 Å². The minimum absolute atomic E-state index is 0.118. The van der Waals surface area contributed by atoms with Crippen LogP contribution in [0.5, 0.6) is 0 Å². The van der Waals surface area contributed by atoms with E-state index in [0.29, 0.717) is 10.0 Å². The quantitative estimate of drug-likeness (QED) is 0.737. The molecular weight excluding hydrogens is 221 g/mol. The first-order valence-electron chi connectivity index (χ1n) is 4.52. The van der Waals surface area contributed by atoms with E-state index in [4.69, 9.17) is 27.9 Å². The Bertz CT molecular complexity index is 343. The van der Waals surface area contributed by atoms with Crippen molar-refractivity contribution >= 4 is 28.9 Å². The highest BCUT2D eigenvalue weighted by Crippen LogP contribution is 2.29. The van der Waals surface area contributed by atoms with Crippen LogP contribution in [0.25, 0.3) is 0 Å². The summed E-state index contributed by atoms with van der Waals surface area (Å²) in [7, 11) is 0. The van der Waals surface area contributed by atoms with E-state index in [-0.39, 0.29) is 6.23 Å². The molecule has 2 nitrogen and oxygen atoms in total. The molecule has 0 N–H and O–H groups in total. The molecule has 0 bridgehead atoms. The number of ether oxygens (including phenoxy) is 1. The summed E-state index contributed by atoms with van der Waals surface area (Å²) in [6.45, 7) is 3.69. The van der Waals surface area contributed by atoms with Gasteiger partial charge in [-0.05, 0) is 25.1 Å². The Morgan fingerprint density at radius 1 is 1.36 bits per heavy atom. The summed E-state index contributed by atoms with van der Waals surface area (Å²) in [5.74, 6) is 0. The van der Waals surface area contributed by atoms with Crippen LogP contribution in [0.3, 0.4) is 0 Å². The Labute approximate surface area is 93.4 Å². The molecule has 1 aromatic carbocycles. The molecule has 0 spiro atoms.